The van der Waals surface area contributed by atoms with Crippen molar-refractivity contribution in [2.75, 3.05) is 39.8 Å². The first-order valence-electron chi connectivity index (χ1n) is 8.90. The molecule has 2 saturated heterocycles. The predicted molar refractivity (Wildman–Crippen MR) is 92.3 cm³/mol. The fraction of sp³-hybridized carbons (Fsp3) is 0.706. The summed E-state index contributed by atoms with van der Waals surface area (Å²) in [6.45, 7) is 5.77. The Labute approximate surface area is 168 Å². The van der Waals surface area contributed by atoms with E-state index >= 15 is 0 Å². The second kappa shape index (κ2) is 9.67. The standard InChI is InChI=1S/C15H22F3N3O2.C2HF3O2/c1-3-6-21-10-9-19(2)14(13(21)23)4-7-20(8-5-14)12(22)11-15(16,17)18;3-2(4,5)1(6)7/h3H,1,4-11H2,2H3;(H,6,7). The molecule has 13 heteroatoms. The van der Waals surface area contributed by atoms with E-state index < -0.39 is 36.2 Å². The van der Waals surface area contributed by atoms with Crippen molar-refractivity contribution < 1.29 is 45.8 Å². The van der Waals surface area contributed by atoms with E-state index in [1.165, 1.54) is 4.90 Å². The molecule has 172 valence electrons. The predicted octanol–water partition coefficient (Wildman–Crippen LogP) is 1.89. The minimum atomic E-state index is -5.08. The van der Waals surface area contributed by atoms with Gasteiger partial charge in [-0.1, -0.05) is 6.08 Å². The quantitative estimate of drug-likeness (QED) is 0.528. The number of piperazine rings is 1. The fourth-order valence-corrected chi connectivity index (χ4v) is 3.38. The third kappa shape index (κ3) is 6.61. The first-order chi connectivity index (χ1) is 13.6. The Morgan fingerprint density at radius 1 is 1.10 bits per heavy atom. The van der Waals surface area contributed by atoms with Crippen molar-refractivity contribution >= 4 is 17.8 Å². The van der Waals surface area contributed by atoms with Gasteiger partial charge in [0.05, 0.1) is 0 Å². The molecule has 2 fully saturated rings. The minimum Gasteiger partial charge on any atom is -0.475 e. The molecule has 7 nitrogen and oxygen atoms in total. The molecule has 2 heterocycles. The minimum absolute atomic E-state index is 0.0194. The van der Waals surface area contributed by atoms with Crippen LogP contribution in [0.25, 0.3) is 0 Å². The van der Waals surface area contributed by atoms with E-state index in [-0.39, 0.29) is 19.0 Å². The van der Waals surface area contributed by atoms with E-state index in [1.54, 1.807) is 11.0 Å². The highest BCUT2D eigenvalue weighted by molar-refractivity contribution is 5.88. The number of likely N-dealkylation sites (N-methyl/N-ethyl adjacent to an activating group) is 1. The van der Waals surface area contributed by atoms with Gasteiger partial charge in [-0.05, 0) is 19.9 Å². The molecule has 2 amide bonds. The summed E-state index contributed by atoms with van der Waals surface area (Å²) in [6.07, 6.45) is -8.63. The van der Waals surface area contributed by atoms with Gasteiger partial charge >= 0.3 is 18.3 Å². The molecule has 0 aromatic heterocycles. The number of carbonyl (C=O) groups excluding carboxylic acids is 2. The number of hydrogen-bond donors (Lipinski definition) is 1. The van der Waals surface area contributed by atoms with Crippen LogP contribution < -0.4 is 0 Å². The Morgan fingerprint density at radius 3 is 2.00 bits per heavy atom. The first-order valence-corrected chi connectivity index (χ1v) is 8.90. The number of carboxylic acid groups (broad SMARTS) is 1. The molecule has 0 aromatic carbocycles. The molecule has 0 aliphatic carbocycles. The number of nitrogens with zero attached hydrogens (tertiary/aromatic N) is 3. The number of carboxylic acids is 1. The van der Waals surface area contributed by atoms with E-state index in [0.717, 1.165) is 0 Å². The Bertz CT molecular complexity index is 657. The van der Waals surface area contributed by atoms with Crippen molar-refractivity contribution in [2.45, 2.75) is 37.2 Å². The van der Waals surface area contributed by atoms with E-state index in [0.29, 0.717) is 32.5 Å². The summed E-state index contributed by atoms with van der Waals surface area (Å²) in [7, 11) is 1.86. The van der Waals surface area contributed by atoms with Crippen LogP contribution in [0.1, 0.15) is 19.3 Å². The number of piperidine rings is 1. The number of likely N-dealkylation sites (tertiary alicyclic amines) is 1. The Kier molecular flexibility index (Phi) is 8.29. The maximum Gasteiger partial charge on any atom is 0.490 e. The molecule has 2 aliphatic heterocycles. The molecule has 0 atom stereocenters. The van der Waals surface area contributed by atoms with Gasteiger partial charge in [0, 0.05) is 32.7 Å². The molecule has 2 rings (SSSR count). The molecule has 0 saturated carbocycles. The Hall–Kier alpha value is -2.31. The number of hydrogen-bond acceptors (Lipinski definition) is 4. The summed E-state index contributed by atoms with van der Waals surface area (Å²) in [6, 6.07) is 0. The molecule has 1 spiro atoms. The highest BCUT2D eigenvalue weighted by atomic mass is 19.4. The van der Waals surface area contributed by atoms with Crippen LogP contribution in [0.4, 0.5) is 26.3 Å². The van der Waals surface area contributed by atoms with Gasteiger partial charge in [0.2, 0.25) is 11.8 Å². The maximum atomic E-state index is 12.8. The maximum absolute atomic E-state index is 12.8. The van der Waals surface area contributed by atoms with Crippen LogP contribution in [0.15, 0.2) is 12.7 Å². The van der Waals surface area contributed by atoms with Crippen LogP contribution >= 0.6 is 0 Å². The van der Waals surface area contributed by atoms with Crippen molar-refractivity contribution in [3.05, 3.63) is 12.7 Å². The molecule has 0 bridgehead atoms. The normalized spacial score (nSPS) is 19.9. The van der Waals surface area contributed by atoms with Gasteiger partial charge in [0.1, 0.15) is 12.0 Å². The second-order valence-corrected chi connectivity index (χ2v) is 6.97. The average molecular weight is 447 g/mol. The second-order valence-electron chi connectivity index (χ2n) is 6.97. The molecule has 0 aromatic rings. The molecule has 30 heavy (non-hydrogen) atoms. The van der Waals surface area contributed by atoms with Crippen LogP contribution in [0.2, 0.25) is 0 Å². The highest BCUT2D eigenvalue weighted by Gasteiger charge is 2.50. The summed E-state index contributed by atoms with van der Waals surface area (Å²) in [4.78, 5) is 38.3. The zero-order chi connectivity index (χ0) is 23.3. The van der Waals surface area contributed by atoms with Gasteiger partial charge in [-0.2, -0.15) is 26.3 Å². The molecular weight excluding hydrogens is 424 g/mol. The number of alkyl halides is 6. The van der Waals surface area contributed by atoms with Crippen LogP contribution in [-0.4, -0.2) is 95.3 Å². The van der Waals surface area contributed by atoms with E-state index in [9.17, 15) is 35.9 Å². The molecule has 0 radical (unpaired) electrons. The molecule has 2 aliphatic rings. The fourth-order valence-electron chi connectivity index (χ4n) is 3.38. The summed E-state index contributed by atoms with van der Waals surface area (Å²) in [5.74, 6) is -3.69. The van der Waals surface area contributed by atoms with Gasteiger partial charge in [-0.3, -0.25) is 14.5 Å². The summed E-state index contributed by atoms with van der Waals surface area (Å²) >= 11 is 0. The average Bonchev–Trinajstić information content (AvgIpc) is 2.61. The van der Waals surface area contributed by atoms with Crippen molar-refractivity contribution in [1.29, 1.82) is 0 Å². The lowest BCUT2D eigenvalue weighted by Gasteiger charge is -2.51. The van der Waals surface area contributed by atoms with Crippen molar-refractivity contribution in [3.8, 4) is 0 Å². The topological polar surface area (TPSA) is 81.2 Å². The van der Waals surface area contributed by atoms with Gasteiger partial charge in [-0.25, -0.2) is 4.79 Å². The smallest absolute Gasteiger partial charge is 0.475 e. The number of aliphatic carboxylic acids is 1. The summed E-state index contributed by atoms with van der Waals surface area (Å²) in [5, 5.41) is 7.12. The zero-order valence-corrected chi connectivity index (χ0v) is 16.2. The van der Waals surface area contributed by atoms with Gasteiger partial charge in [-0.15, -0.1) is 6.58 Å². The largest absolute Gasteiger partial charge is 0.490 e. The van der Waals surface area contributed by atoms with Gasteiger partial charge in [0.15, 0.2) is 0 Å². The number of rotatable bonds is 3. The number of carbonyl (C=O) groups is 3. The Morgan fingerprint density at radius 2 is 1.60 bits per heavy atom. The van der Waals surface area contributed by atoms with Crippen LogP contribution in [0.5, 0.6) is 0 Å². The van der Waals surface area contributed by atoms with Crippen LogP contribution in [0.3, 0.4) is 0 Å². The van der Waals surface area contributed by atoms with Crippen molar-refractivity contribution in [1.82, 2.24) is 14.7 Å². The SMILES string of the molecule is C=CCN1CCN(C)C2(CCN(C(=O)CC(F)(F)F)CC2)C1=O.O=C(O)C(F)(F)F. The molecule has 0 unspecified atom stereocenters. The van der Waals surface area contributed by atoms with Gasteiger partial charge < -0.3 is 14.9 Å². The number of amides is 2. The van der Waals surface area contributed by atoms with E-state index in [4.69, 9.17) is 9.90 Å². The zero-order valence-electron chi connectivity index (χ0n) is 16.2. The summed E-state index contributed by atoms with van der Waals surface area (Å²) in [5.41, 5.74) is -0.712. The van der Waals surface area contributed by atoms with Crippen LogP contribution in [-0.2, 0) is 14.4 Å². The third-order valence-electron chi connectivity index (χ3n) is 5.01. The van der Waals surface area contributed by atoms with Crippen molar-refractivity contribution in [3.63, 3.8) is 0 Å². The lowest BCUT2D eigenvalue weighted by molar-refractivity contribution is -0.192. The lowest BCUT2D eigenvalue weighted by atomic mass is 9.82. The first kappa shape index (κ1) is 25.7. The van der Waals surface area contributed by atoms with Crippen LogP contribution in [0, 0.1) is 0 Å². The highest BCUT2D eigenvalue weighted by Crippen LogP contribution is 2.33. The summed E-state index contributed by atoms with van der Waals surface area (Å²) < 4.78 is 68.8. The van der Waals surface area contributed by atoms with E-state index in [2.05, 4.69) is 6.58 Å². The lowest BCUT2D eigenvalue weighted by Crippen LogP contribution is -2.68. The molecular formula is C17H23F6N3O4. The Balaban J connectivity index is 0.000000553. The molecule has 1 N–H and O–H groups in total. The number of halogens is 6. The monoisotopic (exact) mass is 447 g/mol. The van der Waals surface area contributed by atoms with Crippen molar-refractivity contribution in [2.24, 2.45) is 0 Å². The van der Waals surface area contributed by atoms with E-state index in [1.807, 2.05) is 11.9 Å². The van der Waals surface area contributed by atoms with Gasteiger partial charge in [0.25, 0.3) is 0 Å². The third-order valence-corrected chi connectivity index (χ3v) is 5.01.